The molecule has 0 aromatic carbocycles. The second-order valence-electron chi connectivity index (χ2n) is 2.80. The Bertz CT molecular complexity index is 428. The number of aromatic nitrogens is 3. The van der Waals surface area contributed by atoms with E-state index in [9.17, 15) is 0 Å². The molecular weight excluding hydrogens is 204 g/mol. The first-order valence-electron chi connectivity index (χ1n) is 4.04. The molecule has 0 saturated carbocycles. The van der Waals surface area contributed by atoms with Crippen LogP contribution >= 0.6 is 11.6 Å². The van der Waals surface area contributed by atoms with Crippen molar-refractivity contribution in [1.29, 1.82) is 0 Å². The lowest BCUT2D eigenvalue weighted by Gasteiger charge is -1.99. The number of nitrogens with zero attached hydrogens (tertiary/aromatic N) is 3. The molecule has 2 rings (SSSR count). The largest absolute Gasteiger partial charge is 0.441 e. The van der Waals surface area contributed by atoms with E-state index < -0.39 is 0 Å². The maximum Gasteiger partial charge on any atom is 0.181 e. The van der Waals surface area contributed by atoms with E-state index >= 15 is 0 Å². The minimum Gasteiger partial charge on any atom is -0.441 e. The lowest BCUT2D eigenvalue weighted by atomic mass is 10.2. The first-order chi connectivity index (χ1) is 6.74. The Morgan fingerprint density at radius 3 is 3.00 bits per heavy atom. The van der Waals surface area contributed by atoms with Crippen LogP contribution in [0.3, 0.4) is 0 Å². The van der Waals surface area contributed by atoms with Gasteiger partial charge in [0.25, 0.3) is 0 Å². The molecule has 0 bridgehead atoms. The molecule has 74 valence electrons. The van der Waals surface area contributed by atoms with Gasteiger partial charge in [-0.15, -0.1) is 0 Å². The number of rotatable bonds is 2. The zero-order valence-electron chi connectivity index (χ0n) is 7.57. The van der Waals surface area contributed by atoms with Gasteiger partial charge in [0.1, 0.15) is 11.4 Å². The summed E-state index contributed by atoms with van der Waals surface area (Å²) in [5.41, 5.74) is 6.88. The van der Waals surface area contributed by atoms with Crippen LogP contribution in [-0.4, -0.2) is 14.8 Å². The summed E-state index contributed by atoms with van der Waals surface area (Å²) < 4.78 is 6.85. The van der Waals surface area contributed by atoms with Gasteiger partial charge >= 0.3 is 0 Å². The van der Waals surface area contributed by atoms with Gasteiger partial charge in [-0.05, 0) is 0 Å². The fourth-order valence-corrected chi connectivity index (χ4v) is 1.53. The zero-order valence-corrected chi connectivity index (χ0v) is 8.32. The van der Waals surface area contributed by atoms with Crippen LogP contribution in [0.2, 0.25) is 5.02 Å². The highest BCUT2D eigenvalue weighted by atomic mass is 35.5. The first kappa shape index (κ1) is 9.23. The van der Waals surface area contributed by atoms with E-state index in [1.165, 1.54) is 6.39 Å². The standard InChI is InChI=1S/C8H9ClN4O/c1-13-7(5(9)3-12-13)8-6(2-10)11-4-14-8/h3-4H,2,10H2,1H3. The number of halogens is 1. The molecule has 0 unspecified atom stereocenters. The number of aryl methyl sites for hydroxylation is 1. The SMILES string of the molecule is Cn1ncc(Cl)c1-c1ocnc1CN. The normalized spacial score (nSPS) is 10.8. The number of nitrogens with two attached hydrogens (primary N) is 1. The molecule has 0 amide bonds. The highest BCUT2D eigenvalue weighted by Gasteiger charge is 2.16. The first-order valence-corrected chi connectivity index (χ1v) is 4.42. The quantitative estimate of drug-likeness (QED) is 0.812. The molecule has 5 nitrogen and oxygen atoms in total. The van der Waals surface area contributed by atoms with Crippen molar-refractivity contribution < 1.29 is 4.42 Å². The average molecular weight is 213 g/mol. The second-order valence-corrected chi connectivity index (χ2v) is 3.20. The van der Waals surface area contributed by atoms with E-state index in [2.05, 4.69) is 10.1 Å². The highest BCUT2D eigenvalue weighted by Crippen LogP contribution is 2.29. The fourth-order valence-electron chi connectivity index (χ4n) is 1.27. The third-order valence-electron chi connectivity index (χ3n) is 1.94. The molecule has 0 saturated heterocycles. The van der Waals surface area contributed by atoms with E-state index in [4.69, 9.17) is 21.8 Å². The fraction of sp³-hybridized carbons (Fsp3) is 0.250. The Morgan fingerprint density at radius 2 is 2.43 bits per heavy atom. The summed E-state index contributed by atoms with van der Waals surface area (Å²) in [7, 11) is 1.78. The van der Waals surface area contributed by atoms with Crippen LogP contribution in [0.1, 0.15) is 5.69 Å². The van der Waals surface area contributed by atoms with Crippen molar-refractivity contribution >= 4 is 11.6 Å². The summed E-state index contributed by atoms with van der Waals surface area (Å²) in [6.45, 7) is 0.313. The third-order valence-corrected chi connectivity index (χ3v) is 2.22. The maximum absolute atomic E-state index is 5.95. The average Bonchev–Trinajstić information content (AvgIpc) is 2.73. The van der Waals surface area contributed by atoms with Crippen LogP contribution in [-0.2, 0) is 13.6 Å². The van der Waals surface area contributed by atoms with Crippen molar-refractivity contribution in [2.24, 2.45) is 12.8 Å². The van der Waals surface area contributed by atoms with Crippen molar-refractivity contribution in [3.8, 4) is 11.5 Å². The number of hydrogen-bond acceptors (Lipinski definition) is 4. The number of hydrogen-bond donors (Lipinski definition) is 1. The van der Waals surface area contributed by atoms with Gasteiger partial charge in [-0.2, -0.15) is 5.10 Å². The Labute approximate surface area is 85.5 Å². The van der Waals surface area contributed by atoms with Crippen molar-refractivity contribution in [1.82, 2.24) is 14.8 Å². The summed E-state index contributed by atoms with van der Waals surface area (Å²) in [5, 5.41) is 4.53. The van der Waals surface area contributed by atoms with Gasteiger partial charge in [0.2, 0.25) is 0 Å². The summed E-state index contributed by atoms with van der Waals surface area (Å²) in [6, 6.07) is 0. The van der Waals surface area contributed by atoms with Gasteiger partial charge in [-0.1, -0.05) is 11.6 Å². The maximum atomic E-state index is 5.95. The van der Waals surface area contributed by atoms with E-state index in [0.29, 0.717) is 28.7 Å². The van der Waals surface area contributed by atoms with Gasteiger partial charge in [0, 0.05) is 13.6 Å². The van der Waals surface area contributed by atoms with E-state index in [1.807, 2.05) is 0 Å². The van der Waals surface area contributed by atoms with Crippen LogP contribution in [0.25, 0.3) is 11.5 Å². The van der Waals surface area contributed by atoms with E-state index in [0.717, 1.165) is 0 Å². The van der Waals surface area contributed by atoms with Gasteiger partial charge in [0.15, 0.2) is 12.2 Å². The molecule has 0 aliphatic carbocycles. The minimum absolute atomic E-state index is 0.313. The second kappa shape index (κ2) is 3.43. The smallest absolute Gasteiger partial charge is 0.181 e. The topological polar surface area (TPSA) is 69.9 Å². The molecule has 0 aliphatic heterocycles. The highest BCUT2D eigenvalue weighted by molar-refractivity contribution is 6.32. The van der Waals surface area contributed by atoms with Crippen molar-refractivity contribution in [2.45, 2.75) is 6.54 Å². The summed E-state index contributed by atoms with van der Waals surface area (Å²) in [4.78, 5) is 3.98. The molecule has 2 aromatic heterocycles. The van der Waals surface area contributed by atoms with E-state index in [1.54, 1.807) is 17.9 Å². The Balaban J connectivity index is 2.59. The molecule has 0 fully saturated rings. The summed E-state index contributed by atoms with van der Waals surface area (Å²) in [6.07, 6.45) is 2.90. The summed E-state index contributed by atoms with van der Waals surface area (Å²) >= 11 is 5.95. The van der Waals surface area contributed by atoms with Crippen LogP contribution in [0.15, 0.2) is 17.0 Å². The van der Waals surface area contributed by atoms with Gasteiger partial charge < -0.3 is 10.2 Å². The van der Waals surface area contributed by atoms with Crippen LogP contribution in [0.5, 0.6) is 0 Å². The third kappa shape index (κ3) is 1.30. The summed E-state index contributed by atoms with van der Waals surface area (Å²) in [5.74, 6) is 0.581. The minimum atomic E-state index is 0.313. The molecule has 0 spiro atoms. The molecule has 2 heterocycles. The number of oxazole rings is 1. The lowest BCUT2D eigenvalue weighted by Crippen LogP contribution is -2.01. The van der Waals surface area contributed by atoms with Gasteiger partial charge in [-0.25, -0.2) is 4.98 Å². The van der Waals surface area contributed by atoms with E-state index in [-0.39, 0.29) is 0 Å². The predicted molar refractivity (Wildman–Crippen MR) is 51.6 cm³/mol. The molecule has 6 heteroatoms. The lowest BCUT2D eigenvalue weighted by molar-refractivity contribution is 0.562. The van der Waals surface area contributed by atoms with Gasteiger partial charge in [0.05, 0.1) is 11.2 Å². The monoisotopic (exact) mass is 212 g/mol. The molecule has 0 radical (unpaired) electrons. The Hall–Kier alpha value is -1.33. The van der Waals surface area contributed by atoms with Crippen LogP contribution in [0.4, 0.5) is 0 Å². The van der Waals surface area contributed by atoms with Gasteiger partial charge in [-0.3, -0.25) is 4.68 Å². The van der Waals surface area contributed by atoms with Crippen LogP contribution < -0.4 is 5.73 Å². The Kier molecular flexibility index (Phi) is 2.26. The zero-order chi connectivity index (χ0) is 10.1. The van der Waals surface area contributed by atoms with Crippen molar-refractivity contribution in [2.75, 3.05) is 0 Å². The van der Waals surface area contributed by atoms with Crippen molar-refractivity contribution in [3.05, 3.63) is 23.3 Å². The molecule has 0 aliphatic rings. The molecule has 14 heavy (non-hydrogen) atoms. The van der Waals surface area contributed by atoms with Crippen LogP contribution in [0, 0.1) is 0 Å². The molecular formula is C8H9ClN4O. The molecule has 2 N–H and O–H groups in total. The Morgan fingerprint density at radius 1 is 1.64 bits per heavy atom. The van der Waals surface area contributed by atoms with Crippen molar-refractivity contribution in [3.63, 3.8) is 0 Å². The molecule has 2 aromatic rings. The predicted octanol–water partition coefficient (Wildman–Crippen LogP) is 1.19. The molecule has 0 atom stereocenters.